The van der Waals surface area contributed by atoms with Crippen molar-refractivity contribution in [2.45, 2.75) is 31.1 Å². The van der Waals surface area contributed by atoms with Gasteiger partial charge in [-0.1, -0.05) is 12.1 Å². The van der Waals surface area contributed by atoms with Crippen molar-refractivity contribution in [3.8, 4) is 0 Å². The highest BCUT2D eigenvalue weighted by molar-refractivity contribution is 7.89. The lowest BCUT2D eigenvalue weighted by Crippen LogP contribution is -2.28. The van der Waals surface area contributed by atoms with E-state index in [9.17, 15) is 16.8 Å². The first kappa shape index (κ1) is 17.4. The zero-order chi connectivity index (χ0) is 16.2. The lowest BCUT2D eigenvalue weighted by Gasteiger charge is -2.15. The second-order valence-corrected chi connectivity index (χ2v) is 9.34. The summed E-state index contributed by atoms with van der Waals surface area (Å²) < 4.78 is 51.4. The second-order valence-electron chi connectivity index (χ2n) is 5.30. The van der Waals surface area contributed by atoms with Gasteiger partial charge in [0.2, 0.25) is 20.0 Å². The maximum Gasteiger partial charge on any atom is 0.243 e. The molecule has 0 unspecified atom stereocenters. The van der Waals surface area contributed by atoms with Crippen molar-refractivity contribution in [1.82, 2.24) is 9.03 Å². The van der Waals surface area contributed by atoms with Gasteiger partial charge < -0.3 is 0 Å². The summed E-state index contributed by atoms with van der Waals surface area (Å²) in [7, 11) is -6.57. The smallest absolute Gasteiger partial charge is 0.215 e. The van der Waals surface area contributed by atoms with Gasteiger partial charge in [-0.05, 0) is 43.9 Å². The van der Waals surface area contributed by atoms with E-state index in [1.807, 2.05) is 0 Å². The van der Waals surface area contributed by atoms with Crippen molar-refractivity contribution in [1.29, 1.82) is 0 Å². The van der Waals surface area contributed by atoms with Crippen LogP contribution in [0.2, 0.25) is 0 Å². The minimum atomic E-state index is -3.38. The van der Waals surface area contributed by atoms with E-state index in [-0.39, 0.29) is 5.75 Å². The van der Waals surface area contributed by atoms with Gasteiger partial charge in [0.05, 0.1) is 10.6 Å². The molecular formula is C14H22N2O4S2. The van der Waals surface area contributed by atoms with Crippen molar-refractivity contribution in [2.75, 3.05) is 25.4 Å². The molecule has 6 nitrogen and oxygen atoms in total. The van der Waals surface area contributed by atoms with Crippen LogP contribution in [0.15, 0.2) is 29.2 Å². The van der Waals surface area contributed by atoms with Gasteiger partial charge in [0.25, 0.3) is 0 Å². The SMILES string of the molecule is CCS(=O)(=O)NCCc1ccc(S(=O)(=O)N2CCCC2)cc1. The fraction of sp³-hybridized carbons (Fsp3) is 0.571. The quantitative estimate of drug-likeness (QED) is 0.797. The van der Waals surface area contributed by atoms with Crippen molar-refractivity contribution in [3.63, 3.8) is 0 Å². The summed E-state index contributed by atoms with van der Waals surface area (Å²) in [6.07, 6.45) is 2.35. The zero-order valence-electron chi connectivity index (χ0n) is 12.7. The summed E-state index contributed by atoms with van der Waals surface area (Å²) in [5.41, 5.74) is 0.902. The first-order chi connectivity index (χ1) is 10.3. The lowest BCUT2D eigenvalue weighted by molar-refractivity contribution is 0.477. The first-order valence-electron chi connectivity index (χ1n) is 7.41. The Balaban J connectivity index is 1.98. The molecule has 1 aromatic carbocycles. The Morgan fingerprint density at radius 3 is 2.18 bits per heavy atom. The third kappa shape index (κ3) is 4.28. The van der Waals surface area contributed by atoms with Crippen LogP contribution < -0.4 is 4.72 Å². The molecule has 0 aromatic heterocycles. The number of sulfonamides is 2. The van der Waals surface area contributed by atoms with Crippen LogP contribution in [0.25, 0.3) is 0 Å². The third-order valence-corrected chi connectivity index (χ3v) is 7.06. The molecule has 1 aliphatic heterocycles. The topological polar surface area (TPSA) is 83.5 Å². The Labute approximate surface area is 132 Å². The van der Waals surface area contributed by atoms with Gasteiger partial charge in [-0.15, -0.1) is 0 Å². The molecule has 1 N–H and O–H groups in total. The van der Waals surface area contributed by atoms with E-state index < -0.39 is 20.0 Å². The highest BCUT2D eigenvalue weighted by Gasteiger charge is 2.26. The number of hydrogen-bond donors (Lipinski definition) is 1. The largest absolute Gasteiger partial charge is 0.243 e. The van der Waals surface area contributed by atoms with Crippen molar-refractivity contribution >= 4 is 20.0 Å². The van der Waals surface area contributed by atoms with Gasteiger partial charge in [-0.3, -0.25) is 0 Å². The fourth-order valence-corrected chi connectivity index (χ4v) is 4.49. The standard InChI is InChI=1S/C14H22N2O4S2/c1-2-21(17,18)15-10-9-13-5-7-14(8-6-13)22(19,20)16-11-3-4-12-16/h5-8,15H,2-4,9-12H2,1H3. The summed E-state index contributed by atoms with van der Waals surface area (Å²) in [6.45, 7) is 3.07. The van der Waals surface area contributed by atoms with Crippen LogP contribution in [-0.2, 0) is 26.5 Å². The van der Waals surface area contributed by atoms with E-state index in [1.54, 1.807) is 31.2 Å². The molecule has 8 heteroatoms. The van der Waals surface area contributed by atoms with E-state index in [0.717, 1.165) is 18.4 Å². The Bertz CT molecular complexity index is 691. The number of nitrogens with zero attached hydrogens (tertiary/aromatic N) is 1. The van der Waals surface area contributed by atoms with Gasteiger partial charge in [-0.2, -0.15) is 4.31 Å². The molecule has 0 spiro atoms. The molecule has 2 rings (SSSR count). The van der Waals surface area contributed by atoms with Crippen LogP contribution >= 0.6 is 0 Å². The van der Waals surface area contributed by atoms with Crippen LogP contribution in [0.4, 0.5) is 0 Å². The predicted octanol–water partition coefficient (Wildman–Crippen LogP) is 0.953. The number of hydrogen-bond acceptors (Lipinski definition) is 4. The highest BCUT2D eigenvalue weighted by Crippen LogP contribution is 2.21. The van der Waals surface area contributed by atoms with E-state index in [0.29, 0.717) is 31.0 Å². The van der Waals surface area contributed by atoms with Crippen molar-refractivity contribution in [3.05, 3.63) is 29.8 Å². The average Bonchev–Trinajstić information content (AvgIpc) is 3.03. The molecule has 0 amide bonds. The minimum absolute atomic E-state index is 0.0556. The average molecular weight is 346 g/mol. The monoisotopic (exact) mass is 346 g/mol. The summed E-state index contributed by atoms with van der Waals surface area (Å²) in [4.78, 5) is 0.298. The van der Waals surface area contributed by atoms with Gasteiger partial charge in [0.15, 0.2) is 0 Å². The van der Waals surface area contributed by atoms with Crippen LogP contribution in [0, 0.1) is 0 Å². The fourth-order valence-electron chi connectivity index (χ4n) is 2.36. The maximum absolute atomic E-state index is 12.4. The summed E-state index contributed by atoms with van der Waals surface area (Å²) >= 11 is 0. The Hall–Kier alpha value is -0.960. The molecule has 0 aliphatic carbocycles. The molecule has 0 bridgehead atoms. The van der Waals surface area contributed by atoms with Gasteiger partial charge in [0, 0.05) is 19.6 Å². The van der Waals surface area contributed by atoms with E-state index in [2.05, 4.69) is 4.72 Å². The molecule has 0 radical (unpaired) electrons. The summed E-state index contributed by atoms with van der Waals surface area (Å²) in [5, 5.41) is 0. The number of rotatable bonds is 7. The maximum atomic E-state index is 12.4. The van der Waals surface area contributed by atoms with Crippen LogP contribution in [0.3, 0.4) is 0 Å². The summed E-state index contributed by atoms with van der Waals surface area (Å²) in [5.74, 6) is 0.0556. The highest BCUT2D eigenvalue weighted by atomic mass is 32.2. The molecular weight excluding hydrogens is 324 g/mol. The van der Waals surface area contributed by atoms with Crippen molar-refractivity contribution in [2.24, 2.45) is 0 Å². The zero-order valence-corrected chi connectivity index (χ0v) is 14.3. The van der Waals surface area contributed by atoms with E-state index in [4.69, 9.17) is 0 Å². The molecule has 124 valence electrons. The number of nitrogens with one attached hydrogen (secondary N) is 1. The molecule has 1 aliphatic rings. The molecule has 1 heterocycles. The molecule has 22 heavy (non-hydrogen) atoms. The molecule has 0 atom stereocenters. The van der Waals surface area contributed by atoms with E-state index >= 15 is 0 Å². The second kappa shape index (κ2) is 7.08. The normalized spacial score (nSPS) is 17.0. The Morgan fingerprint density at radius 1 is 1.05 bits per heavy atom. The van der Waals surface area contributed by atoms with Crippen LogP contribution in [0.1, 0.15) is 25.3 Å². The van der Waals surface area contributed by atoms with Crippen LogP contribution in [0.5, 0.6) is 0 Å². The predicted molar refractivity (Wildman–Crippen MR) is 85.6 cm³/mol. The third-order valence-electron chi connectivity index (χ3n) is 3.74. The Morgan fingerprint density at radius 2 is 1.64 bits per heavy atom. The molecule has 1 saturated heterocycles. The summed E-state index contributed by atoms with van der Waals surface area (Å²) in [6, 6.07) is 6.67. The van der Waals surface area contributed by atoms with E-state index in [1.165, 1.54) is 4.31 Å². The minimum Gasteiger partial charge on any atom is -0.215 e. The number of benzene rings is 1. The molecule has 1 fully saturated rings. The van der Waals surface area contributed by atoms with Gasteiger partial charge >= 0.3 is 0 Å². The molecule has 1 aromatic rings. The molecule has 0 saturated carbocycles. The van der Waals surface area contributed by atoms with Crippen LogP contribution in [-0.4, -0.2) is 46.5 Å². The van der Waals surface area contributed by atoms with Gasteiger partial charge in [0.1, 0.15) is 0 Å². The Kier molecular flexibility index (Phi) is 5.60. The lowest BCUT2D eigenvalue weighted by atomic mass is 10.2. The van der Waals surface area contributed by atoms with Crippen molar-refractivity contribution < 1.29 is 16.8 Å². The first-order valence-corrected chi connectivity index (χ1v) is 10.5. The van der Waals surface area contributed by atoms with Gasteiger partial charge in [-0.25, -0.2) is 21.6 Å².